The molecule has 3 aromatic rings. The number of aromatic nitrogens is 2. The van der Waals surface area contributed by atoms with Crippen molar-refractivity contribution in [3.8, 4) is 0 Å². The van der Waals surface area contributed by atoms with Gasteiger partial charge in [-0.25, -0.2) is 4.98 Å². The summed E-state index contributed by atoms with van der Waals surface area (Å²) in [5.41, 5.74) is 4.38. The largest absolute Gasteiger partial charge is 0.367 e. The number of ether oxygens (including phenoxy) is 1. The summed E-state index contributed by atoms with van der Waals surface area (Å²) < 4.78 is 8.05. The smallest absolute Gasteiger partial charge is 0.137 e. The Kier molecular flexibility index (Phi) is 3.52. The van der Waals surface area contributed by atoms with Gasteiger partial charge in [0.2, 0.25) is 0 Å². The number of fused-ring (bicyclic) bond motifs is 1. The molecule has 0 amide bonds. The molecule has 1 unspecified atom stereocenters. The first kappa shape index (κ1) is 12.9. The number of imidazole rings is 1. The molecule has 2 heterocycles. The van der Waals surface area contributed by atoms with Crippen LogP contribution in [0.25, 0.3) is 5.65 Å². The van der Waals surface area contributed by atoms with E-state index in [-0.39, 0.29) is 6.10 Å². The van der Waals surface area contributed by atoms with Crippen molar-refractivity contribution in [3.63, 3.8) is 0 Å². The molecule has 0 saturated heterocycles. The van der Waals surface area contributed by atoms with Crippen LogP contribution in [-0.2, 0) is 4.74 Å². The van der Waals surface area contributed by atoms with E-state index in [2.05, 4.69) is 46.8 Å². The summed E-state index contributed by atoms with van der Waals surface area (Å²) in [7, 11) is 0. The first-order valence-electron chi connectivity index (χ1n) is 6.89. The SMILES string of the molecule is CCOC(c1ccccc1)c1cnc2cc(C)ccn12. The molecule has 0 aliphatic heterocycles. The fourth-order valence-electron chi connectivity index (χ4n) is 2.44. The Morgan fingerprint density at radius 1 is 1.20 bits per heavy atom. The van der Waals surface area contributed by atoms with Crippen LogP contribution in [-0.4, -0.2) is 16.0 Å². The van der Waals surface area contributed by atoms with Gasteiger partial charge in [-0.3, -0.25) is 0 Å². The molecule has 3 rings (SSSR count). The highest BCUT2D eigenvalue weighted by Gasteiger charge is 2.18. The third-order valence-electron chi connectivity index (χ3n) is 3.40. The highest BCUT2D eigenvalue weighted by molar-refractivity contribution is 5.44. The van der Waals surface area contributed by atoms with Gasteiger partial charge in [0.1, 0.15) is 11.8 Å². The van der Waals surface area contributed by atoms with Crippen LogP contribution in [0.3, 0.4) is 0 Å². The van der Waals surface area contributed by atoms with Gasteiger partial charge >= 0.3 is 0 Å². The number of pyridine rings is 1. The van der Waals surface area contributed by atoms with Gasteiger partial charge in [-0.2, -0.15) is 0 Å². The number of benzene rings is 1. The molecule has 20 heavy (non-hydrogen) atoms. The van der Waals surface area contributed by atoms with Crippen LogP contribution in [0.2, 0.25) is 0 Å². The highest BCUT2D eigenvalue weighted by atomic mass is 16.5. The Labute approximate surface area is 118 Å². The van der Waals surface area contributed by atoms with Gasteiger partial charge < -0.3 is 9.14 Å². The molecule has 2 aromatic heterocycles. The number of nitrogens with zero attached hydrogens (tertiary/aromatic N) is 2. The Morgan fingerprint density at radius 2 is 2.00 bits per heavy atom. The molecule has 0 bridgehead atoms. The van der Waals surface area contributed by atoms with Gasteiger partial charge in [-0.15, -0.1) is 0 Å². The minimum Gasteiger partial charge on any atom is -0.367 e. The van der Waals surface area contributed by atoms with Crippen LogP contribution < -0.4 is 0 Å². The summed E-state index contributed by atoms with van der Waals surface area (Å²) in [6, 6.07) is 14.4. The topological polar surface area (TPSA) is 26.5 Å². The van der Waals surface area contributed by atoms with Gasteiger partial charge in [0, 0.05) is 12.8 Å². The average molecular weight is 266 g/mol. The Hall–Kier alpha value is -2.13. The standard InChI is InChI=1S/C17H18N2O/c1-3-20-17(14-7-5-4-6-8-14)15-12-18-16-11-13(2)9-10-19(15)16/h4-12,17H,3H2,1-2H3. The normalized spacial score (nSPS) is 12.7. The van der Waals surface area contributed by atoms with Gasteiger partial charge in [-0.1, -0.05) is 30.3 Å². The van der Waals surface area contributed by atoms with E-state index in [1.54, 1.807) is 0 Å². The molecule has 102 valence electrons. The first-order chi connectivity index (χ1) is 9.79. The van der Waals surface area contributed by atoms with E-state index in [0.29, 0.717) is 6.61 Å². The molecule has 3 nitrogen and oxygen atoms in total. The quantitative estimate of drug-likeness (QED) is 0.718. The van der Waals surface area contributed by atoms with Gasteiger partial charge in [-0.05, 0) is 37.1 Å². The Balaban J connectivity index is 2.10. The lowest BCUT2D eigenvalue weighted by Crippen LogP contribution is -2.08. The maximum Gasteiger partial charge on any atom is 0.137 e. The summed E-state index contributed by atoms with van der Waals surface area (Å²) in [6.45, 7) is 4.76. The molecular weight excluding hydrogens is 248 g/mol. The lowest BCUT2D eigenvalue weighted by atomic mass is 10.1. The summed E-state index contributed by atoms with van der Waals surface area (Å²) in [5, 5.41) is 0. The van der Waals surface area contributed by atoms with Crippen LogP contribution in [0.5, 0.6) is 0 Å². The molecular formula is C17H18N2O. The fraction of sp³-hybridized carbons (Fsp3) is 0.235. The van der Waals surface area contributed by atoms with Gasteiger partial charge in [0.05, 0.1) is 11.9 Å². The zero-order valence-corrected chi connectivity index (χ0v) is 11.8. The molecule has 1 atom stereocenters. The van der Waals surface area contributed by atoms with Crippen LogP contribution in [0.15, 0.2) is 54.9 Å². The number of aryl methyl sites for hydroxylation is 1. The van der Waals surface area contributed by atoms with E-state index < -0.39 is 0 Å². The van der Waals surface area contributed by atoms with Crippen molar-refractivity contribution in [1.29, 1.82) is 0 Å². The molecule has 0 N–H and O–H groups in total. The summed E-state index contributed by atoms with van der Waals surface area (Å²) in [6.07, 6.45) is 3.88. The van der Waals surface area contributed by atoms with Crippen molar-refractivity contribution in [3.05, 3.63) is 71.7 Å². The van der Waals surface area contributed by atoms with Crippen molar-refractivity contribution in [2.45, 2.75) is 20.0 Å². The monoisotopic (exact) mass is 266 g/mol. The third-order valence-corrected chi connectivity index (χ3v) is 3.40. The fourth-order valence-corrected chi connectivity index (χ4v) is 2.44. The van der Waals surface area contributed by atoms with Crippen LogP contribution in [0, 0.1) is 6.92 Å². The number of hydrogen-bond donors (Lipinski definition) is 0. The molecule has 0 aliphatic carbocycles. The zero-order valence-electron chi connectivity index (χ0n) is 11.8. The lowest BCUT2D eigenvalue weighted by molar-refractivity contribution is 0.0878. The maximum atomic E-state index is 5.95. The molecule has 0 fully saturated rings. The Bertz CT molecular complexity index is 703. The van der Waals surface area contributed by atoms with E-state index >= 15 is 0 Å². The second-order valence-electron chi connectivity index (χ2n) is 4.86. The van der Waals surface area contributed by atoms with Crippen LogP contribution in [0.1, 0.15) is 29.8 Å². The molecule has 3 heteroatoms. The van der Waals surface area contributed by atoms with E-state index in [9.17, 15) is 0 Å². The molecule has 0 spiro atoms. The van der Waals surface area contributed by atoms with Crippen molar-refractivity contribution in [2.75, 3.05) is 6.61 Å². The second-order valence-corrected chi connectivity index (χ2v) is 4.86. The number of hydrogen-bond acceptors (Lipinski definition) is 2. The molecule has 0 saturated carbocycles. The van der Waals surface area contributed by atoms with Gasteiger partial charge in [0.15, 0.2) is 0 Å². The predicted molar refractivity (Wildman–Crippen MR) is 79.8 cm³/mol. The minimum absolute atomic E-state index is 0.0843. The lowest BCUT2D eigenvalue weighted by Gasteiger charge is -2.17. The zero-order chi connectivity index (χ0) is 13.9. The third kappa shape index (κ3) is 2.32. The van der Waals surface area contributed by atoms with Crippen molar-refractivity contribution in [2.24, 2.45) is 0 Å². The highest BCUT2D eigenvalue weighted by Crippen LogP contribution is 2.26. The van der Waals surface area contributed by atoms with E-state index in [4.69, 9.17) is 4.74 Å². The van der Waals surface area contributed by atoms with Crippen molar-refractivity contribution >= 4 is 5.65 Å². The first-order valence-corrected chi connectivity index (χ1v) is 6.89. The summed E-state index contributed by atoms with van der Waals surface area (Å²) >= 11 is 0. The minimum atomic E-state index is -0.0843. The summed E-state index contributed by atoms with van der Waals surface area (Å²) in [5.74, 6) is 0. The predicted octanol–water partition coefficient (Wildman–Crippen LogP) is 3.77. The molecule has 0 radical (unpaired) electrons. The Morgan fingerprint density at radius 3 is 2.75 bits per heavy atom. The second kappa shape index (κ2) is 5.47. The van der Waals surface area contributed by atoms with E-state index in [1.165, 1.54) is 5.56 Å². The van der Waals surface area contributed by atoms with Crippen LogP contribution in [0.4, 0.5) is 0 Å². The van der Waals surface area contributed by atoms with E-state index in [0.717, 1.165) is 16.9 Å². The summed E-state index contributed by atoms with van der Waals surface area (Å²) in [4.78, 5) is 4.49. The van der Waals surface area contributed by atoms with Crippen LogP contribution >= 0.6 is 0 Å². The molecule has 1 aromatic carbocycles. The van der Waals surface area contributed by atoms with Crippen molar-refractivity contribution < 1.29 is 4.74 Å². The van der Waals surface area contributed by atoms with Crippen molar-refractivity contribution in [1.82, 2.24) is 9.38 Å². The van der Waals surface area contributed by atoms with Gasteiger partial charge in [0.25, 0.3) is 0 Å². The van der Waals surface area contributed by atoms with E-state index in [1.807, 2.05) is 31.3 Å². The number of rotatable bonds is 4. The average Bonchev–Trinajstić information content (AvgIpc) is 2.88. The molecule has 0 aliphatic rings. The maximum absolute atomic E-state index is 5.95.